The number of nitro benzene ring substituents is 1. The number of carbonyl (C=O) groups is 1. The molecule has 0 spiro atoms. The van der Waals surface area contributed by atoms with E-state index in [9.17, 15) is 56.2 Å². The van der Waals surface area contributed by atoms with Crippen molar-refractivity contribution in [2.45, 2.75) is 9.79 Å². The molecule has 19 nitrogen and oxygen atoms in total. The second kappa shape index (κ2) is 12.3. The van der Waals surface area contributed by atoms with Crippen molar-refractivity contribution in [2.75, 3.05) is 14.2 Å². The van der Waals surface area contributed by atoms with Gasteiger partial charge < -0.3 is 24.8 Å². The number of nitrogens with zero attached hydrogens (tertiary/aromatic N) is 5. The average molecular weight is 678 g/mol. The monoisotopic (exact) mass is 677 g/mol. The van der Waals surface area contributed by atoms with Crippen LogP contribution in [-0.4, -0.2) is 66.4 Å². The van der Waals surface area contributed by atoms with E-state index < -0.39 is 86.1 Å². The van der Waals surface area contributed by atoms with Gasteiger partial charge in [-0.2, -0.15) is 21.9 Å². The quantitative estimate of drug-likeness (QED) is 0.0624. The first-order chi connectivity index (χ1) is 21.5. The summed E-state index contributed by atoms with van der Waals surface area (Å²) in [7, 11) is -7.64. The summed E-state index contributed by atoms with van der Waals surface area (Å²) >= 11 is 0. The number of hydrogen-bond acceptors (Lipinski definition) is 15. The molecule has 0 fully saturated rings. The van der Waals surface area contributed by atoms with Gasteiger partial charge in [0.15, 0.2) is 17.2 Å². The normalized spacial score (nSPS) is 12.2. The molecule has 46 heavy (non-hydrogen) atoms. The number of fused-ring (bicyclic) bond motifs is 1. The summed E-state index contributed by atoms with van der Waals surface area (Å²) in [4.78, 5) is 19.9. The Morgan fingerprint density at radius 1 is 0.804 bits per heavy atom. The van der Waals surface area contributed by atoms with Crippen LogP contribution >= 0.6 is 0 Å². The van der Waals surface area contributed by atoms with Gasteiger partial charge >= 0.3 is 5.97 Å². The lowest BCUT2D eigenvalue weighted by Crippen LogP contribution is -2.02. The summed E-state index contributed by atoms with van der Waals surface area (Å²) in [6.45, 7) is 0. The van der Waals surface area contributed by atoms with Crippen LogP contribution in [0.4, 0.5) is 28.4 Å². The third-order valence-electron chi connectivity index (χ3n) is 6.13. The molecule has 0 saturated carbocycles. The Labute approximate surface area is 257 Å². The van der Waals surface area contributed by atoms with Crippen molar-refractivity contribution >= 4 is 65.4 Å². The Bertz CT molecular complexity index is 2220. The Morgan fingerprint density at radius 2 is 1.43 bits per heavy atom. The van der Waals surface area contributed by atoms with Gasteiger partial charge in [0, 0.05) is 18.2 Å². The molecule has 4 aromatic carbocycles. The average Bonchev–Trinajstić information content (AvgIpc) is 2.98. The van der Waals surface area contributed by atoms with Crippen molar-refractivity contribution in [1.29, 1.82) is 0 Å². The minimum absolute atomic E-state index is 0.0221. The summed E-state index contributed by atoms with van der Waals surface area (Å²) in [5, 5.41) is 56.5. The standard InChI is InChI=1S/C25H19N5O14S2/c1-43-13-9-17(44-2)21(19(10-13)46(40,41)42)28-27-15-5-3-11-7-18(45(37,38)39)22(24(32)20(11)23(15)31)29-26-12-4-6-16(30(35)36)14(8-12)25(33)34/h3-10,31-32H,1-2H3,(H,33,34)(H,37,38,39)(H,40,41,42)/b28-27+,29-26+. The van der Waals surface area contributed by atoms with Crippen LogP contribution in [0, 0.1) is 10.1 Å². The lowest BCUT2D eigenvalue weighted by molar-refractivity contribution is -0.385. The Kier molecular flexibility index (Phi) is 8.87. The number of benzene rings is 4. The first-order valence-electron chi connectivity index (χ1n) is 12.1. The predicted octanol–water partition coefficient (Wildman–Crippen LogP) is 5.20. The number of carboxylic acid groups (broad SMARTS) is 1. The van der Waals surface area contributed by atoms with Gasteiger partial charge in [-0.25, -0.2) is 4.79 Å². The fourth-order valence-electron chi connectivity index (χ4n) is 4.04. The summed E-state index contributed by atoms with van der Waals surface area (Å²) in [6.07, 6.45) is 0. The van der Waals surface area contributed by atoms with Crippen LogP contribution < -0.4 is 9.47 Å². The molecule has 4 aromatic rings. The van der Waals surface area contributed by atoms with Crippen LogP contribution in [0.15, 0.2) is 78.8 Å². The van der Waals surface area contributed by atoms with Crippen molar-refractivity contribution < 1.29 is 60.5 Å². The zero-order valence-electron chi connectivity index (χ0n) is 23.1. The molecule has 0 bridgehead atoms. The summed E-state index contributed by atoms with van der Waals surface area (Å²) in [5.74, 6) is -3.83. The number of hydrogen-bond donors (Lipinski definition) is 5. The van der Waals surface area contributed by atoms with E-state index in [-0.39, 0.29) is 22.6 Å². The van der Waals surface area contributed by atoms with E-state index in [1.165, 1.54) is 13.2 Å². The lowest BCUT2D eigenvalue weighted by atomic mass is 10.1. The molecule has 0 aliphatic heterocycles. The third-order valence-corrected chi connectivity index (χ3v) is 7.86. The number of methoxy groups -OCH3 is 2. The van der Waals surface area contributed by atoms with Gasteiger partial charge in [0.2, 0.25) is 0 Å². The molecular weight excluding hydrogens is 658 g/mol. The smallest absolute Gasteiger partial charge is 0.342 e. The molecule has 5 N–H and O–H groups in total. The van der Waals surface area contributed by atoms with Gasteiger partial charge in [-0.3, -0.25) is 19.2 Å². The van der Waals surface area contributed by atoms with Crippen LogP contribution in [0.2, 0.25) is 0 Å². The Balaban J connectivity index is 1.91. The molecule has 0 unspecified atom stereocenters. The minimum atomic E-state index is -5.12. The number of azo groups is 2. The number of ether oxygens (including phenoxy) is 2. The van der Waals surface area contributed by atoms with Gasteiger partial charge in [-0.15, -0.1) is 15.3 Å². The van der Waals surface area contributed by atoms with Crippen LogP contribution in [0.3, 0.4) is 0 Å². The van der Waals surface area contributed by atoms with Crippen LogP contribution in [0.5, 0.6) is 23.0 Å². The van der Waals surface area contributed by atoms with E-state index in [0.29, 0.717) is 0 Å². The third kappa shape index (κ3) is 6.51. The van der Waals surface area contributed by atoms with Crippen molar-refractivity contribution in [3.63, 3.8) is 0 Å². The molecular formula is C25H19N5O14S2. The molecule has 4 rings (SSSR count). The van der Waals surface area contributed by atoms with E-state index in [1.54, 1.807) is 0 Å². The highest BCUT2D eigenvalue weighted by molar-refractivity contribution is 7.86. The highest BCUT2D eigenvalue weighted by atomic mass is 32.2. The minimum Gasteiger partial charge on any atom is -0.505 e. The molecule has 0 amide bonds. The van der Waals surface area contributed by atoms with Gasteiger partial charge in [0.1, 0.15) is 38.2 Å². The highest BCUT2D eigenvalue weighted by Gasteiger charge is 2.26. The van der Waals surface area contributed by atoms with E-state index in [2.05, 4.69) is 20.5 Å². The molecule has 0 atom stereocenters. The second-order valence-corrected chi connectivity index (χ2v) is 11.7. The number of rotatable bonds is 10. The van der Waals surface area contributed by atoms with Crippen LogP contribution in [0.1, 0.15) is 10.4 Å². The maximum Gasteiger partial charge on any atom is 0.342 e. The number of phenolic OH excluding ortho intramolecular Hbond substituents is 2. The first-order valence-corrected chi connectivity index (χ1v) is 14.9. The maximum absolute atomic E-state index is 12.2. The lowest BCUT2D eigenvalue weighted by Gasteiger charge is -2.12. The maximum atomic E-state index is 12.2. The van der Waals surface area contributed by atoms with E-state index >= 15 is 0 Å². The van der Waals surface area contributed by atoms with E-state index in [1.807, 2.05) is 0 Å². The highest BCUT2D eigenvalue weighted by Crippen LogP contribution is 2.48. The molecule has 240 valence electrons. The zero-order chi connectivity index (χ0) is 34.1. The summed E-state index contributed by atoms with van der Waals surface area (Å²) in [5.41, 5.74) is -3.75. The zero-order valence-corrected chi connectivity index (χ0v) is 24.7. The van der Waals surface area contributed by atoms with Crippen LogP contribution in [0.25, 0.3) is 10.8 Å². The fourth-order valence-corrected chi connectivity index (χ4v) is 5.35. The Morgan fingerprint density at radius 3 is 2.00 bits per heavy atom. The molecule has 0 aromatic heterocycles. The SMILES string of the molecule is COc1cc(OC)c(/N=N/c2ccc3cc(S(=O)(=O)O)c(/N=N/c4ccc([N+](=O)[O-])c(C(=O)O)c4)c(O)c3c2O)c(S(=O)(=O)O)c1. The van der Waals surface area contributed by atoms with Crippen LogP contribution in [-0.2, 0) is 20.2 Å². The molecule has 0 radical (unpaired) electrons. The largest absolute Gasteiger partial charge is 0.505 e. The van der Waals surface area contributed by atoms with Gasteiger partial charge in [-0.1, -0.05) is 6.07 Å². The number of nitro groups is 1. The molecule has 0 aliphatic carbocycles. The number of carboxylic acids is 1. The summed E-state index contributed by atoms with van der Waals surface area (Å²) < 4.78 is 77.9. The van der Waals surface area contributed by atoms with Crippen molar-refractivity contribution in [1.82, 2.24) is 0 Å². The van der Waals surface area contributed by atoms with Gasteiger partial charge in [-0.05, 0) is 29.7 Å². The second-order valence-electron chi connectivity index (χ2n) is 8.89. The fraction of sp³-hybridized carbons (Fsp3) is 0.0800. The molecule has 0 aliphatic rings. The molecule has 0 saturated heterocycles. The molecule has 21 heteroatoms. The molecule has 0 heterocycles. The predicted molar refractivity (Wildman–Crippen MR) is 155 cm³/mol. The van der Waals surface area contributed by atoms with Gasteiger partial charge in [0.25, 0.3) is 25.9 Å². The summed E-state index contributed by atoms with van der Waals surface area (Å²) in [6, 6.07) is 7.72. The number of aromatic hydroxyl groups is 2. The van der Waals surface area contributed by atoms with E-state index in [4.69, 9.17) is 9.47 Å². The first kappa shape index (κ1) is 33.1. The topological polar surface area (TPSA) is 298 Å². The van der Waals surface area contributed by atoms with E-state index in [0.717, 1.165) is 49.6 Å². The van der Waals surface area contributed by atoms with Crippen molar-refractivity contribution in [3.05, 3.63) is 64.2 Å². The van der Waals surface area contributed by atoms with Crippen molar-refractivity contribution in [3.8, 4) is 23.0 Å². The number of aromatic carboxylic acids is 1. The number of phenols is 2. The van der Waals surface area contributed by atoms with Crippen molar-refractivity contribution in [2.24, 2.45) is 20.5 Å². The Hall–Kier alpha value is -5.77. The van der Waals surface area contributed by atoms with Gasteiger partial charge in [0.05, 0.1) is 30.2 Å².